The maximum absolute atomic E-state index is 13.2. The highest BCUT2D eigenvalue weighted by Crippen LogP contribution is 2.27. The van der Waals surface area contributed by atoms with E-state index in [1.807, 2.05) is 19.2 Å². The Bertz CT molecular complexity index is 1180. The number of hydrogen-bond acceptors (Lipinski definition) is 5. The van der Waals surface area contributed by atoms with E-state index in [1.165, 1.54) is 0 Å². The molecule has 0 N–H and O–H groups in total. The second kappa shape index (κ2) is 9.63. The van der Waals surface area contributed by atoms with Crippen molar-refractivity contribution in [3.63, 3.8) is 0 Å². The Hall–Kier alpha value is -2.38. The summed E-state index contributed by atoms with van der Waals surface area (Å²) in [7, 11) is 0.121. The highest BCUT2D eigenvalue weighted by Gasteiger charge is 2.24. The van der Waals surface area contributed by atoms with Crippen LogP contribution in [0.1, 0.15) is 16.7 Å². The van der Waals surface area contributed by atoms with Gasteiger partial charge in [-0.25, -0.2) is 8.42 Å². The smallest absolute Gasteiger partial charge is 0.206 e. The largest absolute Gasteiger partial charge is 0.489 e. The molecular weight excluding hydrogens is 446 g/mol. The Morgan fingerprint density at radius 2 is 1.66 bits per heavy atom. The Kier molecular flexibility index (Phi) is 6.86. The molecule has 168 valence electrons. The number of halogens is 1. The summed E-state index contributed by atoms with van der Waals surface area (Å²) in [5.74, 6) is 0.706. The van der Waals surface area contributed by atoms with Crippen molar-refractivity contribution in [2.75, 3.05) is 20.7 Å². The minimum atomic E-state index is -3.61. The molecule has 3 aromatic rings. The van der Waals surface area contributed by atoms with Crippen LogP contribution in [0, 0.1) is 0 Å². The highest BCUT2D eigenvalue weighted by atomic mass is 35.5. The molecule has 1 atom stereocenters. The second-order valence-corrected chi connectivity index (χ2v) is 10.3. The predicted octanol–water partition coefficient (Wildman–Crippen LogP) is 4.75. The lowest BCUT2D eigenvalue weighted by molar-refractivity contribution is -0.0133. The van der Waals surface area contributed by atoms with Crippen molar-refractivity contribution in [1.29, 1.82) is 0 Å². The summed E-state index contributed by atoms with van der Waals surface area (Å²) in [4.78, 5) is 2.74. The van der Waals surface area contributed by atoms with Gasteiger partial charge in [0.05, 0.1) is 9.79 Å². The SMILES string of the molecule is COC1Cc2ccc(S(=O)(=O)c3ccc(COc4ccc(Cl)cc4)cc3)cc2CCN1C. The summed E-state index contributed by atoms with van der Waals surface area (Å²) in [5, 5.41) is 0.648. The lowest BCUT2D eigenvalue weighted by Crippen LogP contribution is -2.34. The first-order chi connectivity index (χ1) is 15.4. The van der Waals surface area contributed by atoms with E-state index >= 15 is 0 Å². The third kappa shape index (κ3) is 4.99. The fourth-order valence-corrected chi connectivity index (χ4v) is 5.28. The summed E-state index contributed by atoms with van der Waals surface area (Å²) < 4.78 is 37.8. The van der Waals surface area contributed by atoms with Gasteiger partial charge < -0.3 is 9.47 Å². The van der Waals surface area contributed by atoms with Gasteiger partial charge in [0.1, 0.15) is 18.6 Å². The van der Waals surface area contributed by atoms with Crippen molar-refractivity contribution in [2.45, 2.75) is 35.5 Å². The lowest BCUT2D eigenvalue weighted by atomic mass is 10.0. The van der Waals surface area contributed by atoms with Gasteiger partial charge in [-0.1, -0.05) is 29.8 Å². The van der Waals surface area contributed by atoms with Crippen molar-refractivity contribution in [3.8, 4) is 5.75 Å². The summed E-state index contributed by atoms with van der Waals surface area (Å²) in [6.45, 7) is 1.16. The molecule has 0 saturated carbocycles. The first kappa shape index (κ1) is 22.8. The molecule has 0 bridgehead atoms. The molecule has 1 aliphatic heterocycles. The number of likely N-dealkylation sites (N-methyl/N-ethyl adjacent to an activating group) is 1. The van der Waals surface area contributed by atoms with Crippen molar-refractivity contribution in [3.05, 3.63) is 88.4 Å². The maximum atomic E-state index is 13.2. The van der Waals surface area contributed by atoms with Gasteiger partial charge in [0, 0.05) is 25.1 Å². The molecule has 0 aromatic heterocycles. The summed E-state index contributed by atoms with van der Waals surface area (Å²) >= 11 is 5.89. The molecule has 5 nitrogen and oxygen atoms in total. The average Bonchev–Trinajstić information content (AvgIpc) is 2.97. The molecule has 1 heterocycles. The molecule has 1 unspecified atom stereocenters. The molecule has 0 radical (unpaired) electrons. The number of rotatable bonds is 6. The highest BCUT2D eigenvalue weighted by molar-refractivity contribution is 7.91. The number of benzene rings is 3. The van der Waals surface area contributed by atoms with Gasteiger partial charge in [0.25, 0.3) is 0 Å². The number of methoxy groups -OCH3 is 1. The minimum Gasteiger partial charge on any atom is -0.489 e. The first-order valence-corrected chi connectivity index (χ1v) is 12.3. The van der Waals surface area contributed by atoms with Gasteiger partial charge in [0.15, 0.2) is 0 Å². The van der Waals surface area contributed by atoms with E-state index in [0.29, 0.717) is 22.3 Å². The van der Waals surface area contributed by atoms with E-state index in [0.717, 1.165) is 36.1 Å². The van der Waals surface area contributed by atoms with Gasteiger partial charge in [0.2, 0.25) is 9.84 Å². The van der Waals surface area contributed by atoms with E-state index in [9.17, 15) is 8.42 Å². The van der Waals surface area contributed by atoms with Crippen LogP contribution in [0.15, 0.2) is 76.5 Å². The zero-order valence-electron chi connectivity index (χ0n) is 18.1. The van der Waals surface area contributed by atoms with Gasteiger partial charge in [-0.15, -0.1) is 0 Å². The fraction of sp³-hybridized carbons (Fsp3) is 0.280. The normalized spacial score (nSPS) is 16.9. The Labute approximate surface area is 194 Å². The number of ether oxygens (including phenoxy) is 2. The monoisotopic (exact) mass is 471 g/mol. The van der Waals surface area contributed by atoms with Crippen LogP contribution in [0.3, 0.4) is 0 Å². The average molecular weight is 472 g/mol. The minimum absolute atomic E-state index is 0.00124. The number of nitrogens with zero attached hydrogens (tertiary/aromatic N) is 1. The molecule has 0 aliphatic carbocycles. The molecule has 1 aliphatic rings. The Morgan fingerprint density at radius 3 is 2.34 bits per heavy atom. The molecule has 32 heavy (non-hydrogen) atoms. The van der Waals surface area contributed by atoms with Crippen LogP contribution in [0.2, 0.25) is 5.02 Å². The van der Waals surface area contributed by atoms with Crippen LogP contribution in [0.4, 0.5) is 0 Å². The van der Waals surface area contributed by atoms with Gasteiger partial charge in [-0.05, 0) is 78.7 Å². The van der Waals surface area contributed by atoms with Crippen LogP contribution in [-0.4, -0.2) is 40.2 Å². The zero-order valence-corrected chi connectivity index (χ0v) is 19.7. The summed E-state index contributed by atoms with van der Waals surface area (Å²) in [6.07, 6.45) is 1.53. The fourth-order valence-electron chi connectivity index (χ4n) is 3.85. The number of fused-ring (bicyclic) bond motifs is 1. The molecule has 7 heteroatoms. The molecule has 0 spiro atoms. The van der Waals surface area contributed by atoms with E-state index in [1.54, 1.807) is 61.7 Å². The standard InChI is InChI=1S/C25H26ClNO4S/c1-27-14-13-20-15-24(12-5-19(20)16-25(27)30-2)32(28,29)23-10-3-18(4-11-23)17-31-22-8-6-21(26)7-9-22/h3-12,15,25H,13-14,16-17H2,1-2H3. The first-order valence-electron chi connectivity index (χ1n) is 10.4. The van der Waals surface area contributed by atoms with E-state index in [-0.39, 0.29) is 11.1 Å². The van der Waals surface area contributed by atoms with Crippen LogP contribution < -0.4 is 4.74 Å². The quantitative estimate of drug-likeness (QED) is 0.519. The van der Waals surface area contributed by atoms with Crippen molar-refractivity contribution in [1.82, 2.24) is 4.90 Å². The number of hydrogen-bond donors (Lipinski definition) is 0. The summed E-state index contributed by atoms with van der Waals surface area (Å²) in [5.41, 5.74) is 3.08. The topological polar surface area (TPSA) is 55.8 Å². The molecule has 0 fully saturated rings. The third-order valence-corrected chi connectivity index (χ3v) is 7.85. The van der Waals surface area contributed by atoms with Gasteiger partial charge in [-0.2, -0.15) is 0 Å². The Morgan fingerprint density at radius 1 is 0.969 bits per heavy atom. The van der Waals surface area contributed by atoms with Crippen LogP contribution in [0.5, 0.6) is 5.75 Å². The lowest BCUT2D eigenvalue weighted by Gasteiger charge is -2.23. The molecule has 0 amide bonds. The van der Waals surface area contributed by atoms with Crippen LogP contribution >= 0.6 is 11.6 Å². The molecule has 3 aromatic carbocycles. The van der Waals surface area contributed by atoms with Crippen LogP contribution in [0.25, 0.3) is 0 Å². The van der Waals surface area contributed by atoms with Gasteiger partial charge >= 0.3 is 0 Å². The second-order valence-electron chi connectivity index (χ2n) is 7.95. The van der Waals surface area contributed by atoms with Crippen molar-refractivity contribution < 1.29 is 17.9 Å². The van der Waals surface area contributed by atoms with Crippen LogP contribution in [-0.2, 0) is 34.0 Å². The zero-order chi connectivity index (χ0) is 22.7. The third-order valence-electron chi connectivity index (χ3n) is 5.83. The Balaban J connectivity index is 1.50. The molecule has 4 rings (SSSR count). The molecular formula is C25H26ClNO4S. The van der Waals surface area contributed by atoms with E-state index in [4.69, 9.17) is 21.1 Å². The van der Waals surface area contributed by atoms with E-state index < -0.39 is 9.84 Å². The molecule has 0 saturated heterocycles. The predicted molar refractivity (Wildman–Crippen MR) is 125 cm³/mol. The summed E-state index contributed by atoms with van der Waals surface area (Å²) in [6, 6.07) is 19.4. The maximum Gasteiger partial charge on any atom is 0.206 e. The van der Waals surface area contributed by atoms with Crippen molar-refractivity contribution in [2.24, 2.45) is 0 Å². The van der Waals surface area contributed by atoms with E-state index in [2.05, 4.69) is 4.90 Å². The van der Waals surface area contributed by atoms with Crippen molar-refractivity contribution >= 4 is 21.4 Å². The van der Waals surface area contributed by atoms with Gasteiger partial charge in [-0.3, -0.25) is 4.90 Å². The number of sulfone groups is 1.